The molecular weight excluding hydrogens is 244 g/mol. The molecule has 0 saturated carbocycles. The highest BCUT2D eigenvalue weighted by molar-refractivity contribution is 5.95. The smallest absolute Gasteiger partial charge is 0.310 e. The lowest BCUT2D eigenvalue weighted by Crippen LogP contribution is -2.34. The molecule has 19 heavy (non-hydrogen) atoms. The van der Waals surface area contributed by atoms with Crippen molar-refractivity contribution in [3.8, 4) is 0 Å². The second-order valence-electron chi connectivity index (χ2n) is 4.70. The van der Waals surface area contributed by atoms with Gasteiger partial charge in [-0.1, -0.05) is 6.92 Å². The first-order chi connectivity index (χ1) is 8.86. The Labute approximate surface area is 113 Å². The summed E-state index contributed by atoms with van der Waals surface area (Å²) in [6.07, 6.45) is 0. The van der Waals surface area contributed by atoms with Crippen molar-refractivity contribution >= 4 is 11.9 Å². The summed E-state index contributed by atoms with van der Waals surface area (Å²) >= 11 is 0. The predicted molar refractivity (Wildman–Crippen MR) is 71.9 cm³/mol. The van der Waals surface area contributed by atoms with Gasteiger partial charge in [0, 0.05) is 19.3 Å². The van der Waals surface area contributed by atoms with Gasteiger partial charge in [0.05, 0.1) is 24.3 Å². The van der Waals surface area contributed by atoms with E-state index in [-0.39, 0.29) is 17.8 Å². The molecule has 0 N–H and O–H groups in total. The van der Waals surface area contributed by atoms with E-state index < -0.39 is 0 Å². The summed E-state index contributed by atoms with van der Waals surface area (Å²) in [5.41, 5.74) is 2.13. The van der Waals surface area contributed by atoms with Crippen LogP contribution < -0.4 is 0 Å². The first kappa shape index (κ1) is 15.1. The molecule has 1 rings (SSSR count). The van der Waals surface area contributed by atoms with Gasteiger partial charge in [0.25, 0.3) is 5.91 Å². The van der Waals surface area contributed by atoms with E-state index >= 15 is 0 Å². The van der Waals surface area contributed by atoms with Crippen molar-refractivity contribution in [3.63, 3.8) is 0 Å². The molecule has 1 aromatic rings. The summed E-state index contributed by atoms with van der Waals surface area (Å²) in [5.74, 6) is -0.809. The maximum atomic E-state index is 12.3. The Kier molecular flexibility index (Phi) is 5.03. The summed E-state index contributed by atoms with van der Waals surface area (Å²) in [4.78, 5) is 29.4. The highest BCUT2D eigenvalue weighted by Gasteiger charge is 2.20. The van der Waals surface area contributed by atoms with Crippen LogP contribution in [0.1, 0.15) is 28.7 Å². The molecule has 0 bridgehead atoms. The minimum Gasteiger partial charge on any atom is -0.469 e. The number of amides is 1. The van der Waals surface area contributed by atoms with E-state index in [1.165, 1.54) is 12.0 Å². The van der Waals surface area contributed by atoms with E-state index in [9.17, 15) is 9.59 Å². The van der Waals surface area contributed by atoms with Crippen LogP contribution in [-0.2, 0) is 9.53 Å². The quantitative estimate of drug-likeness (QED) is 0.775. The van der Waals surface area contributed by atoms with Gasteiger partial charge in [-0.2, -0.15) is 0 Å². The third-order valence-corrected chi connectivity index (χ3v) is 2.95. The number of hydrogen-bond donors (Lipinski definition) is 0. The molecule has 0 aliphatic heterocycles. The van der Waals surface area contributed by atoms with Crippen molar-refractivity contribution in [2.45, 2.75) is 20.8 Å². The van der Waals surface area contributed by atoms with Gasteiger partial charge in [0.1, 0.15) is 0 Å². The van der Waals surface area contributed by atoms with Crippen molar-refractivity contribution in [2.24, 2.45) is 5.92 Å². The zero-order valence-electron chi connectivity index (χ0n) is 12.1. The number of hydrogen-bond acceptors (Lipinski definition) is 4. The molecule has 1 amide bonds. The Hall–Kier alpha value is -1.91. The maximum absolute atomic E-state index is 12.3. The van der Waals surface area contributed by atoms with Crippen LogP contribution in [0.2, 0.25) is 0 Å². The number of pyridine rings is 1. The Balaban J connectivity index is 2.79. The normalized spacial score (nSPS) is 11.8. The Morgan fingerprint density at radius 3 is 2.53 bits per heavy atom. The number of carbonyl (C=O) groups is 2. The molecule has 0 aliphatic rings. The average molecular weight is 264 g/mol. The Morgan fingerprint density at radius 1 is 1.37 bits per heavy atom. The van der Waals surface area contributed by atoms with Crippen LogP contribution in [0.3, 0.4) is 0 Å². The summed E-state index contributed by atoms with van der Waals surface area (Å²) in [5, 5.41) is 0. The minimum absolute atomic E-state index is 0.138. The molecule has 0 saturated heterocycles. The predicted octanol–water partition coefficient (Wildman–Crippen LogP) is 1.58. The van der Waals surface area contributed by atoms with E-state index in [2.05, 4.69) is 9.72 Å². The number of aromatic nitrogens is 1. The summed E-state index contributed by atoms with van der Waals surface area (Å²) in [6, 6.07) is 3.57. The molecule has 0 radical (unpaired) electrons. The van der Waals surface area contributed by atoms with Crippen LogP contribution in [0.25, 0.3) is 0 Å². The fourth-order valence-corrected chi connectivity index (χ4v) is 1.89. The number of carbonyl (C=O) groups excluding carboxylic acids is 2. The summed E-state index contributed by atoms with van der Waals surface area (Å²) < 4.78 is 4.65. The molecule has 5 nitrogen and oxygen atoms in total. The average Bonchev–Trinajstić information content (AvgIpc) is 2.36. The first-order valence-corrected chi connectivity index (χ1v) is 6.14. The van der Waals surface area contributed by atoms with E-state index in [0.29, 0.717) is 17.8 Å². The van der Waals surface area contributed by atoms with Crippen LogP contribution in [0, 0.1) is 19.8 Å². The van der Waals surface area contributed by atoms with Crippen molar-refractivity contribution < 1.29 is 14.3 Å². The molecule has 1 unspecified atom stereocenters. The molecule has 0 aliphatic carbocycles. The Morgan fingerprint density at radius 2 is 2.00 bits per heavy atom. The second-order valence-corrected chi connectivity index (χ2v) is 4.70. The van der Waals surface area contributed by atoms with Gasteiger partial charge >= 0.3 is 5.97 Å². The molecule has 5 heteroatoms. The third-order valence-electron chi connectivity index (χ3n) is 2.95. The fourth-order valence-electron chi connectivity index (χ4n) is 1.89. The molecule has 0 fully saturated rings. The fraction of sp³-hybridized carbons (Fsp3) is 0.500. The molecule has 104 valence electrons. The van der Waals surface area contributed by atoms with E-state index in [1.54, 1.807) is 33.0 Å². The van der Waals surface area contributed by atoms with Crippen molar-refractivity contribution in [1.29, 1.82) is 0 Å². The van der Waals surface area contributed by atoms with Crippen molar-refractivity contribution in [1.82, 2.24) is 9.88 Å². The number of ether oxygens (including phenoxy) is 1. The molecule has 1 heterocycles. The highest BCUT2D eigenvalue weighted by atomic mass is 16.5. The van der Waals surface area contributed by atoms with Crippen LogP contribution in [-0.4, -0.2) is 42.5 Å². The molecule has 1 atom stereocenters. The Bertz CT molecular complexity index is 486. The number of nitrogens with zero attached hydrogens (tertiary/aromatic N) is 2. The largest absolute Gasteiger partial charge is 0.469 e. The van der Waals surface area contributed by atoms with Crippen LogP contribution in [0.5, 0.6) is 0 Å². The van der Waals surface area contributed by atoms with Crippen LogP contribution >= 0.6 is 0 Å². The van der Waals surface area contributed by atoms with Gasteiger partial charge in [-0.05, 0) is 26.0 Å². The lowest BCUT2D eigenvalue weighted by Gasteiger charge is -2.21. The molecular formula is C14H20N2O3. The minimum atomic E-state index is -0.349. The topological polar surface area (TPSA) is 59.5 Å². The second kappa shape index (κ2) is 6.31. The van der Waals surface area contributed by atoms with E-state index in [1.807, 2.05) is 6.92 Å². The summed E-state index contributed by atoms with van der Waals surface area (Å²) in [7, 11) is 3.01. The lowest BCUT2D eigenvalue weighted by molar-refractivity contribution is -0.145. The van der Waals surface area contributed by atoms with Gasteiger partial charge in [-0.25, -0.2) is 0 Å². The zero-order valence-corrected chi connectivity index (χ0v) is 12.1. The van der Waals surface area contributed by atoms with E-state index in [0.717, 1.165) is 5.69 Å². The zero-order chi connectivity index (χ0) is 14.6. The van der Waals surface area contributed by atoms with Crippen molar-refractivity contribution in [2.75, 3.05) is 20.7 Å². The number of methoxy groups -OCH3 is 1. The maximum Gasteiger partial charge on any atom is 0.310 e. The highest BCUT2D eigenvalue weighted by Crippen LogP contribution is 2.11. The van der Waals surface area contributed by atoms with Crippen molar-refractivity contribution in [3.05, 3.63) is 29.1 Å². The lowest BCUT2D eigenvalue weighted by atomic mass is 10.1. The molecule has 0 aromatic carbocycles. The van der Waals surface area contributed by atoms with E-state index in [4.69, 9.17) is 0 Å². The third kappa shape index (κ3) is 3.77. The monoisotopic (exact) mass is 264 g/mol. The van der Waals surface area contributed by atoms with Gasteiger partial charge < -0.3 is 9.64 Å². The summed E-state index contributed by atoms with van der Waals surface area (Å²) in [6.45, 7) is 5.73. The standard InChI is InChI=1S/C14H20N2O3/c1-9(14(18)19-5)8-16(4)13(17)12-7-6-10(2)15-11(12)3/h6-7,9H,8H2,1-5H3. The van der Waals surface area contributed by atoms with Gasteiger partial charge in [-0.15, -0.1) is 0 Å². The number of aryl methyl sites for hydroxylation is 2. The number of rotatable bonds is 4. The van der Waals surface area contributed by atoms with Gasteiger partial charge in [-0.3, -0.25) is 14.6 Å². The SMILES string of the molecule is COC(=O)C(C)CN(C)C(=O)c1ccc(C)nc1C. The number of esters is 1. The molecule has 1 aromatic heterocycles. The first-order valence-electron chi connectivity index (χ1n) is 6.14. The molecule has 0 spiro atoms. The van der Waals surface area contributed by atoms with Gasteiger partial charge in [0.15, 0.2) is 0 Å². The van der Waals surface area contributed by atoms with Gasteiger partial charge in [0.2, 0.25) is 0 Å². The van der Waals surface area contributed by atoms with Crippen LogP contribution in [0.4, 0.5) is 0 Å². The van der Waals surface area contributed by atoms with Crippen LogP contribution in [0.15, 0.2) is 12.1 Å².